The van der Waals surface area contributed by atoms with Gasteiger partial charge in [-0.2, -0.15) is 0 Å². The molecule has 3 N–H and O–H groups in total. The molecule has 60 heavy (non-hydrogen) atoms. The van der Waals surface area contributed by atoms with E-state index >= 15 is 0 Å². The number of nitrogens with one attached hydrogen (secondary N) is 2. The van der Waals surface area contributed by atoms with E-state index in [1.165, 1.54) is 11.9 Å². The van der Waals surface area contributed by atoms with Crippen molar-refractivity contribution in [2.24, 2.45) is 0 Å². The number of hydrogen-bond donors (Lipinski definition) is 3. The molecule has 4 heterocycles. The summed E-state index contributed by atoms with van der Waals surface area (Å²) in [7, 11) is 5.22. The number of aromatic amines is 1. The van der Waals surface area contributed by atoms with Crippen LogP contribution in [-0.4, -0.2) is 104 Å². The minimum atomic E-state index is -1.24. The van der Waals surface area contributed by atoms with Crippen LogP contribution in [0.1, 0.15) is 66.3 Å². The number of likely N-dealkylation sites (tertiary alicyclic amines) is 2. The molecule has 4 amide bonds. The van der Waals surface area contributed by atoms with Crippen LogP contribution in [0.2, 0.25) is 0 Å². The highest BCUT2D eigenvalue weighted by Gasteiger charge is 2.41. The topological polar surface area (TPSA) is 168 Å². The summed E-state index contributed by atoms with van der Waals surface area (Å²) in [6.07, 6.45) is 3.16. The van der Waals surface area contributed by atoms with Gasteiger partial charge in [-0.15, -0.1) is 0 Å². The molecule has 8 rings (SSSR count). The number of amides is 4. The average molecular weight is 809 g/mol. The van der Waals surface area contributed by atoms with Crippen molar-refractivity contribution in [2.75, 3.05) is 39.5 Å². The Morgan fingerprint density at radius 3 is 2.17 bits per heavy atom. The van der Waals surface area contributed by atoms with E-state index in [1.807, 2.05) is 97.5 Å². The van der Waals surface area contributed by atoms with Gasteiger partial charge < -0.3 is 29.6 Å². The predicted molar refractivity (Wildman–Crippen MR) is 227 cm³/mol. The molecule has 2 saturated heterocycles. The van der Waals surface area contributed by atoms with E-state index in [1.54, 1.807) is 36.5 Å². The number of oxazole rings is 1. The highest BCUT2D eigenvalue weighted by molar-refractivity contribution is 5.99. The summed E-state index contributed by atoms with van der Waals surface area (Å²) in [5.41, 5.74) is 5.88. The molecule has 0 aliphatic carbocycles. The van der Waals surface area contributed by atoms with Gasteiger partial charge in [0.05, 0.1) is 23.3 Å². The summed E-state index contributed by atoms with van der Waals surface area (Å²) in [5.74, 6) is 0.905. The number of nitrogens with zero attached hydrogens (tertiary/aromatic N) is 6. The molecule has 2 aliphatic heterocycles. The molecular weight excluding hydrogens is 761 g/mol. The number of likely N-dealkylation sites (N-methyl/N-ethyl adjacent to an activating group) is 2. The molecule has 14 heteroatoms. The van der Waals surface area contributed by atoms with Crippen molar-refractivity contribution in [3.05, 3.63) is 126 Å². The highest BCUT2D eigenvalue weighted by atomic mass is 16.4. The van der Waals surface area contributed by atoms with E-state index in [-0.39, 0.29) is 17.9 Å². The molecule has 0 spiro atoms. The van der Waals surface area contributed by atoms with E-state index < -0.39 is 30.1 Å². The third-order valence-electron chi connectivity index (χ3n) is 11.6. The lowest BCUT2D eigenvalue weighted by Gasteiger charge is -2.32. The van der Waals surface area contributed by atoms with Gasteiger partial charge in [0.15, 0.2) is 5.76 Å². The predicted octanol–water partition coefficient (Wildman–Crippen LogP) is 7.44. The quantitative estimate of drug-likeness (QED) is 0.121. The monoisotopic (exact) mass is 808 g/mol. The third kappa shape index (κ3) is 7.85. The van der Waals surface area contributed by atoms with Crippen LogP contribution in [0.15, 0.2) is 108 Å². The Labute approximate surface area is 347 Å². The summed E-state index contributed by atoms with van der Waals surface area (Å²) >= 11 is 0. The Morgan fingerprint density at radius 2 is 1.47 bits per heavy atom. The summed E-state index contributed by atoms with van der Waals surface area (Å²) in [4.78, 5) is 73.2. The van der Waals surface area contributed by atoms with E-state index in [0.717, 1.165) is 51.3 Å². The fourth-order valence-electron chi connectivity index (χ4n) is 8.49. The zero-order chi connectivity index (χ0) is 42.1. The van der Waals surface area contributed by atoms with Crippen molar-refractivity contribution in [3.8, 4) is 22.8 Å². The van der Waals surface area contributed by atoms with Gasteiger partial charge in [-0.25, -0.2) is 14.8 Å². The zero-order valence-electron chi connectivity index (χ0n) is 34.0. The molecule has 4 atom stereocenters. The summed E-state index contributed by atoms with van der Waals surface area (Å²) < 4.78 is 6.29. The first kappa shape index (κ1) is 40.0. The molecule has 0 saturated carbocycles. The first-order chi connectivity index (χ1) is 29.0. The van der Waals surface area contributed by atoms with Crippen molar-refractivity contribution >= 4 is 40.5 Å². The molecule has 6 aromatic rings. The van der Waals surface area contributed by atoms with Gasteiger partial charge in [-0.1, -0.05) is 72.8 Å². The Balaban J connectivity index is 0.979. The van der Waals surface area contributed by atoms with Crippen molar-refractivity contribution in [1.82, 2.24) is 34.6 Å². The van der Waals surface area contributed by atoms with Crippen molar-refractivity contribution < 1.29 is 28.7 Å². The van der Waals surface area contributed by atoms with Crippen LogP contribution in [0, 0.1) is 6.92 Å². The summed E-state index contributed by atoms with van der Waals surface area (Å²) in [6.45, 7) is 2.88. The fraction of sp³-hybridized carbons (Fsp3) is 0.304. The van der Waals surface area contributed by atoms with Gasteiger partial charge in [-0.05, 0) is 87.7 Å². The minimum absolute atomic E-state index is 0.0505. The van der Waals surface area contributed by atoms with Crippen LogP contribution in [-0.2, 0) is 14.4 Å². The van der Waals surface area contributed by atoms with Crippen LogP contribution < -0.4 is 5.32 Å². The first-order valence-electron chi connectivity index (χ1n) is 20.2. The second-order valence-electron chi connectivity index (χ2n) is 15.8. The Kier molecular flexibility index (Phi) is 11.2. The molecule has 2 aromatic heterocycles. The molecule has 308 valence electrons. The molecule has 0 bridgehead atoms. The van der Waals surface area contributed by atoms with Crippen LogP contribution in [0.4, 0.5) is 10.5 Å². The van der Waals surface area contributed by atoms with Crippen molar-refractivity contribution in [1.29, 1.82) is 0 Å². The van der Waals surface area contributed by atoms with E-state index in [0.29, 0.717) is 54.4 Å². The van der Waals surface area contributed by atoms with E-state index in [9.17, 15) is 24.3 Å². The normalized spacial score (nSPS) is 17.6. The number of carboxylic acid groups (broad SMARTS) is 1. The molecule has 4 aromatic carbocycles. The third-order valence-corrected chi connectivity index (χ3v) is 11.6. The second-order valence-corrected chi connectivity index (χ2v) is 15.8. The number of aromatic nitrogens is 3. The lowest BCUT2D eigenvalue weighted by Crippen LogP contribution is -2.49. The smallest absolute Gasteiger partial charge is 0.407 e. The van der Waals surface area contributed by atoms with Gasteiger partial charge in [0.2, 0.25) is 17.7 Å². The Bertz CT molecular complexity index is 2540. The molecular formula is C46H48N8O6. The molecule has 14 nitrogen and oxygen atoms in total. The number of carbonyl (C=O) groups excluding carboxylic acids is 3. The van der Waals surface area contributed by atoms with Gasteiger partial charge in [-0.3, -0.25) is 24.2 Å². The maximum absolute atomic E-state index is 14.0. The number of imidazole rings is 1. The van der Waals surface area contributed by atoms with Crippen LogP contribution in [0.3, 0.4) is 0 Å². The van der Waals surface area contributed by atoms with Crippen molar-refractivity contribution in [2.45, 2.75) is 56.8 Å². The molecule has 0 radical (unpaired) electrons. The fourth-order valence-corrected chi connectivity index (χ4v) is 8.49. The Morgan fingerprint density at radius 1 is 0.817 bits per heavy atom. The zero-order valence-corrected chi connectivity index (χ0v) is 34.0. The van der Waals surface area contributed by atoms with Crippen molar-refractivity contribution in [3.63, 3.8) is 0 Å². The number of H-pyrrole nitrogens is 1. The van der Waals surface area contributed by atoms with Gasteiger partial charge >= 0.3 is 6.09 Å². The van der Waals surface area contributed by atoms with Crippen LogP contribution >= 0.6 is 0 Å². The van der Waals surface area contributed by atoms with Crippen LogP contribution in [0.5, 0.6) is 0 Å². The molecule has 2 fully saturated rings. The number of fused-ring (bicyclic) bond motifs is 1. The Hall–Kier alpha value is -6.80. The summed E-state index contributed by atoms with van der Waals surface area (Å²) in [5, 5.41) is 12.8. The van der Waals surface area contributed by atoms with E-state index in [4.69, 9.17) is 9.40 Å². The molecule has 0 unspecified atom stereocenters. The van der Waals surface area contributed by atoms with Gasteiger partial charge in [0, 0.05) is 37.0 Å². The van der Waals surface area contributed by atoms with Crippen LogP contribution in [0.25, 0.3) is 33.8 Å². The number of benzene rings is 4. The lowest BCUT2D eigenvalue weighted by atomic mass is 10.0. The first-order valence-corrected chi connectivity index (χ1v) is 20.2. The minimum Gasteiger partial charge on any atom is -0.465 e. The SMILES string of the molecule is Cc1ccc(-c2cnc(-c3ccc4nc([C@@H]5CCCN5C(=O)[C@@H](c5ccccc5)N(C)C)[nH]c4c3)o2)cc1NC(=O)[C@@H]1CCCN1C(=O)[C@@H](c1ccccc1)N(C)C(=O)O. The van der Waals surface area contributed by atoms with Gasteiger partial charge in [0.1, 0.15) is 23.9 Å². The number of rotatable bonds is 11. The number of carbonyl (C=O) groups is 4. The molecule has 2 aliphatic rings. The largest absolute Gasteiger partial charge is 0.465 e. The average Bonchev–Trinajstić information content (AvgIpc) is 4.09. The maximum Gasteiger partial charge on any atom is 0.407 e. The highest BCUT2D eigenvalue weighted by Crippen LogP contribution is 2.37. The standard InChI is InChI=1S/C46H48N8O6/c1-28-19-20-31(25-34(28)50-42(55)37-18-12-24-54(37)45(57)40(52(4)46(58)59)30-15-9-6-10-16-30)38-27-47-43(60-38)32-21-22-33-35(26-32)49-41(48-33)36-17-11-23-53(36)44(56)39(51(2)3)29-13-7-5-8-14-29/h5-10,13-16,19-22,25-27,36-37,39-40H,11-12,17-18,23-24H2,1-4H3,(H,48,49)(H,50,55)(H,58,59)/t36-,37-,39+,40+/m0/s1. The summed E-state index contributed by atoms with van der Waals surface area (Å²) in [6, 6.07) is 27.5. The lowest BCUT2D eigenvalue weighted by molar-refractivity contribution is -0.140. The van der Waals surface area contributed by atoms with Gasteiger partial charge in [0.25, 0.3) is 5.91 Å². The maximum atomic E-state index is 14.0. The number of hydrogen-bond acceptors (Lipinski definition) is 8. The second kappa shape index (κ2) is 16.8. The van der Waals surface area contributed by atoms with E-state index in [2.05, 4.69) is 15.3 Å². The number of aryl methyl sites for hydroxylation is 1. The number of anilines is 1.